The molecule has 0 aromatic heterocycles. The van der Waals surface area contributed by atoms with Crippen LogP contribution in [0.15, 0.2) is 36.9 Å². The smallest absolute Gasteiger partial charge is 0.0406 e. The van der Waals surface area contributed by atoms with Gasteiger partial charge >= 0.3 is 0 Å². The van der Waals surface area contributed by atoms with Gasteiger partial charge in [0.25, 0.3) is 0 Å². The van der Waals surface area contributed by atoms with E-state index in [2.05, 4.69) is 31.7 Å². The second-order valence-electron chi connectivity index (χ2n) is 4.24. The fraction of sp³-hybridized carbons (Fsp3) is 0.467. The first-order valence-electron chi connectivity index (χ1n) is 6.16. The minimum atomic E-state index is 0.481. The molecule has 0 fully saturated rings. The van der Waals surface area contributed by atoms with E-state index in [-0.39, 0.29) is 0 Å². The molecule has 0 saturated carbocycles. The lowest BCUT2D eigenvalue weighted by atomic mass is 9.93. The molecule has 1 atom stereocenters. The summed E-state index contributed by atoms with van der Waals surface area (Å²) in [6, 6.07) is 8.13. The first-order chi connectivity index (χ1) is 7.77. The zero-order chi connectivity index (χ0) is 11.8. The van der Waals surface area contributed by atoms with Gasteiger partial charge in [0.05, 0.1) is 0 Å². The third-order valence-electron chi connectivity index (χ3n) is 2.95. The van der Waals surface area contributed by atoms with Crippen molar-refractivity contribution in [2.75, 3.05) is 0 Å². The lowest BCUT2D eigenvalue weighted by Crippen LogP contribution is -1.94. The van der Waals surface area contributed by atoms with Gasteiger partial charge in [-0.05, 0) is 24.1 Å². The number of hydrogen-bond donors (Lipinski definition) is 0. The molecule has 0 bridgehead atoms. The molecule has 0 nitrogen and oxygen atoms in total. The molecule has 0 radical (unpaired) electrons. The van der Waals surface area contributed by atoms with Gasteiger partial charge in [-0.3, -0.25) is 0 Å². The van der Waals surface area contributed by atoms with Gasteiger partial charge < -0.3 is 0 Å². The Morgan fingerprint density at radius 3 is 2.44 bits per heavy atom. The second-order valence-corrected chi connectivity index (χ2v) is 4.68. The zero-order valence-corrected chi connectivity index (χ0v) is 10.8. The lowest BCUT2D eigenvalue weighted by Gasteiger charge is -2.12. The first-order valence-corrected chi connectivity index (χ1v) is 6.53. The SMILES string of the molecule is C=CC(CCCCCC)c1ccc(Cl)cc1. The molecule has 88 valence electrons. The van der Waals surface area contributed by atoms with Gasteiger partial charge in [-0.25, -0.2) is 0 Å². The van der Waals surface area contributed by atoms with Crippen molar-refractivity contribution in [3.05, 3.63) is 47.5 Å². The summed E-state index contributed by atoms with van der Waals surface area (Å²) in [5.41, 5.74) is 1.33. The molecular weight excluding hydrogens is 216 g/mol. The van der Waals surface area contributed by atoms with Crippen molar-refractivity contribution in [1.29, 1.82) is 0 Å². The summed E-state index contributed by atoms with van der Waals surface area (Å²) in [6.45, 7) is 6.17. The minimum absolute atomic E-state index is 0.481. The van der Waals surface area contributed by atoms with E-state index in [9.17, 15) is 0 Å². The molecule has 0 N–H and O–H groups in total. The quantitative estimate of drug-likeness (QED) is 0.428. The lowest BCUT2D eigenvalue weighted by molar-refractivity contribution is 0.604. The van der Waals surface area contributed by atoms with Crippen LogP contribution in [0.5, 0.6) is 0 Å². The maximum absolute atomic E-state index is 5.88. The van der Waals surface area contributed by atoms with E-state index >= 15 is 0 Å². The van der Waals surface area contributed by atoms with Crippen LogP contribution in [-0.2, 0) is 0 Å². The summed E-state index contributed by atoms with van der Waals surface area (Å²) in [5.74, 6) is 0.481. The molecule has 1 unspecified atom stereocenters. The third kappa shape index (κ3) is 4.40. The van der Waals surface area contributed by atoms with Crippen molar-refractivity contribution >= 4 is 11.6 Å². The van der Waals surface area contributed by atoms with E-state index in [1.54, 1.807) is 0 Å². The standard InChI is InChI=1S/C15H21Cl/c1-3-5-6-7-8-13(4-2)14-9-11-15(16)12-10-14/h4,9-13H,2-3,5-8H2,1H3. The molecule has 1 aromatic carbocycles. The second kappa shape index (κ2) is 7.51. The topological polar surface area (TPSA) is 0 Å². The van der Waals surface area contributed by atoms with Crippen molar-refractivity contribution in [2.24, 2.45) is 0 Å². The molecule has 0 saturated heterocycles. The number of allylic oxidation sites excluding steroid dienone is 1. The summed E-state index contributed by atoms with van der Waals surface area (Å²) < 4.78 is 0. The molecule has 1 rings (SSSR count). The zero-order valence-electron chi connectivity index (χ0n) is 10.1. The Morgan fingerprint density at radius 2 is 1.88 bits per heavy atom. The Bertz CT molecular complexity index is 300. The summed E-state index contributed by atoms with van der Waals surface area (Å²) in [4.78, 5) is 0. The predicted octanol–water partition coefficient (Wildman–Crippen LogP) is 5.58. The Morgan fingerprint density at radius 1 is 1.19 bits per heavy atom. The minimum Gasteiger partial charge on any atom is -0.102 e. The van der Waals surface area contributed by atoms with E-state index in [0.29, 0.717) is 5.92 Å². The maximum Gasteiger partial charge on any atom is 0.0406 e. The Balaban J connectivity index is 2.47. The van der Waals surface area contributed by atoms with Gasteiger partial charge in [0, 0.05) is 10.9 Å². The van der Waals surface area contributed by atoms with Gasteiger partial charge in [0.2, 0.25) is 0 Å². The first kappa shape index (κ1) is 13.3. The molecular formula is C15H21Cl. The highest BCUT2D eigenvalue weighted by molar-refractivity contribution is 6.30. The maximum atomic E-state index is 5.88. The van der Waals surface area contributed by atoms with Gasteiger partial charge in [0.15, 0.2) is 0 Å². The van der Waals surface area contributed by atoms with Crippen LogP contribution in [0.25, 0.3) is 0 Å². The van der Waals surface area contributed by atoms with Crippen LogP contribution < -0.4 is 0 Å². The average Bonchev–Trinajstić information content (AvgIpc) is 2.31. The highest BCUT2D eigenvalue weighted by Crippen LogP contribution is 2.24. The van der Waals surface area contributed by atoms with Crippen LogP contribution in [0, 0.1) is 0 Å². The number of halogens is 1. The Kier molecular flexibility index (Phi) is 6.25. The molecule has 0 aliphatic carbocycles. The van der Waals surface area contributed by atoms with Crippen molar-refractivity contribution in [3.8, 4) is 0 Å². The van der Waals surface area contributed by atoms with Crippen LogP contribution in [0.1, 0.15) is 50.5 Å². The van der Waals surface area contributed by atoms with E-state index in [0.717, 1.165) is 5.02 Å². The van der Waals surface area contributed by atoms with Crippen LogP contribution in [0.4, 0.5) is 0 Å². The number of hydrogen-bond acceptors (Lipinski definition) is 0. The molecule has 0 spiro atoms. The van der Waals surface area contributed by atoms with E-state index in [1.165, 1.54) is 37.7 Å². The molecule has 1 aromatic rings. The largest absolute Gasteiger partial charge is 0.102 e. The van der Waals surface area contributed by atoms with Crippen LogP contribution in [0.3, 0.4) is 0 Å². The van der Waals surface area contributed by atoms with Crippen LogP contribution in [0.2, 0.25) is 5.02 Å². The van der Waals surface area contributed by atoms with E-state index < -0.39 is 0 Å². The highest BCUT2D eigenvalue weighted by Gasteiger charge is 2.06. The van der Waals surface area contributed by atoms with Gasteiger partial charge in [0.1, 0.15) is 0 Å². The molecule has 0 amide bonds. The number of unbranched alkanes of at least 4 members (excludes halogenated alkanes) is 3. The fourth-order valence-corrected chi connectivity index (χ4v) is 2.05. The van der Waals surface area contributed by atoms with Gasteiger partial charge in [-0.15, -0.1) is 6.58 Å². The summed E-state index contributed by atoms with van der Waals surface area (Å²) >= 11 is 5.88. The van der Waals surface area contributed by atoms with Crippen molar-refractivity contribution in [2.45, 2.75) is 44.9 Å². The normalized spacial score (nSPS) is 12.4. The van der Waals surface area contributed by atoms with Crippen molar-refractivity contribution in [3.63, 3.8) is 0 Å². The van der Waals surface area contributed by atoms with Crippen LogP contribution >= 0.6 is 11.6 Å². The molecule has 0 aliphatic heterocycles. The number of benzene rings is 1. The number of rotatable bonds is 7. The summed E-state index contributed by atoms with van der Waals surface area (Å²) in [6.07, 6.45) is 8.49. The summed E-state index contributed by atoms with van der Waals surface area (Å²) in [7, 11) is 0. The monoisotopic (exact) mass is 236 g/mol. The Hall–Kier alpha value is -0.750. The van der Waals surface area contributed by atoms with Crippen molar-refractivity contribution in [1.82, 2.24) is 0 Å². The molecule has 16 heavy (non-hydrogen) atoms. The van der Waals surface area contributed by atoms with Crippen molar-refractivity contribution < 1.29 is 0 Å². The molecule has 0 heterocycles. The van der Waals surface area contributed by atoms with Crippen LogP contribution in [-0.4, -0.2) is 0 Å². The van der Waals surface area contributed by atoms with E-state index in [1.807, 2.05) is 12.1 Å². The summed E-state index contributed by atoms with van der Waals surface area (Å²) in [5, 5.41) is 0.803. The fourth-order valence-electron chi connectivity index (χ4n) is 1.92. The molecule has 0 aliphatic rings. The van der Waals surface area contributed by atoms with Gasteiger partial charge in [-0.1, -0.05) is 62.4 Å². The van der Waals surface area contributed by atoms with E-state index in [4.69, 9.17) is 11.6 Å². The average molecular weight is 237 g/mol. The predicted molar refractivity (Wildman–Crippen MR) is 73.1 cm³/mol. The molecule has 1 heteroatoms. The van der Waals surface area contributed by atoms with Gasteiger partial charge in [-0.2, -0.15) is 0 Å². The Labute approximate surface area is 104 Å². The third-order valence-corrected chi connectivity index (χ3v) is 3.20. The highest BCUT2D eigenvalue weighted by atomic mass is 35.5.